The molecule has 0 bridgehead atoms. The number of nitrogens with zero attached hydrogens (tertiary/aromatic N) is 4. The van der Waals surface area contributed by atoms with E-state index in [9.17, 15) is 4.79 Å². The summed E-state index contributed by atoms with van der Waals surface area (Å²) in [6, 6.07) is 9.37. The molecule has 3 rings (SSSR count). The lowest BCUT2D eigenvalue weighted by Gasteiger charge is -2.19. The highest BCUT2D eigenvalue weighted by Crippen LogP contribution is 2.30. The molecule has 1 aromatic carbocycles. The molecule has 0 atom stereocenters. The Kier molecular flexibility index (Phi) is 5.18. The number of hydrogen-bond acceptors (Lipinski definition) is 7. The van der Waals surface area contributed by atoms with Gasteiger partial charge in [-0.05, 0) is 36.5 Å². The highest BCUT2D eigenvalue weighted by atomic mass is 32.1. The van der Waals surface area contributed by atoms with Crippen molar-refractivity contribution < 1.29 is 9.53 Å². The number of Topliss-reactive ketones (excluding diaryl/α,β-unsaturated/α-hetero) is 1. The van der Waals surface area contributed by atoms with E-state index in [1.807, 2.05) is 54.2 Å². The molecule has 0 aliphatic heterocycles. The van der Waals surface area contributed by atoms with Crippen molar-refractivity contribution in [2.75, 3.05) is 37.5 Å². The average Bonchev–Trinajstić information content (AvgIpc) is 3.10. The van der Waals surface area contributed by atoms with Crippen LogP contribution in [0.1, 0.15) is 9.67 Å². The SMILES string of the molecule is C=CN(CC(=O)c1cc2c(N(C)C)ncnc2s1)c1ccc(OC)cc1. The predicted molar refractivity (Wildman–Crippen MR) is 107 cm³/mol. The first-order valence-corrected chi connectivity index (χ1v) is 8.83. The number of carbonyl (C=O) groups is 1. The van der Waals surface area contributed by atoms with Crippen LogP contribution in [0.2, 0.25) is 0 Å². The maximum absolute atomic E-state index is 12.8. The van der Waals surface area contributed by atoms with Crippen LogP contribution in [0.5, 0.6) is 5.75 Å². The molecule has 0 radical (unpaired) electrons. The van der Waals surface area contributed by atoms with E-state index < -0.39 is 0 Å². The summed E-state index contributed by atoms with van der Waals surface area (Å²) in [5.41, 5.74) is 0.879. The van der Waals surface area contributed by atoms with Crippen molar-refractivity contribution in [1.29, 1.82) is 0 Å². The van der Waals surface area contributed by atoms with E-state index in [0.29, 0.717) is 4.88 Å². The highest BCUT2D eigenvalue weighted by molar-refractivity contribution is 7.20. The zero-order valence-corrected chi connectivity index (χ0v) is 15.8. The standard InChI is InChI=1S/C19H20N4O2S/c1-5-23(13-6-8-14(25-4)9-7-13)11-16(24)17-10-15-18(22(2)3)20-12-21-19(15)26-17/h5-10,12H,1,11H2,2-4H3. The van der Waals surface area contributed by atoms with Gasteiger partial charge in [-0.1, -0.05) is 6.58 Å². The summed E-state index contributed by atoms with van der Waals surface area (Å²) >= 11 is 1.38. The lowest BCUT2D eigenvalue weighted by Crippen LogP contribution is -2.23. The molecular formula is C19H20N4O2S. The van der Waals surface area contributed by atoms with Crippen molar-refractivity contribution >= 4 is 38.8 Å². The Labute approximate surface area is 156 Å². The first-order valence-electron chi connectivity index (χ1n) is 8.01. The molecule has 0 saturated heterocycles. The Morgan fingerprint density at radius 3 is 2.62 bits per heavy atom. The van der Waals surface area contributed by atoms with Gasteiger partial charge in [0.2, 0.25) is 0 Å². The number of benzene rings is 1. The Balaban J connectivity index is 1.85. The van der Waals surface area contributed by atoms with Crippen molar-refractivity contribution in [3.05, 3.63) is 54.3 Å². The largest absolute Gasteiger partial charge is 0.497 e. The summed E-state index contributed by atoms with van der Waals surface area (Å²) in [6.45, 7) is 4.03. The molecular weight excluding hydrogens is 348 g/mol. The van der Waals surface area contributed by atoms with Crippen LogP contribution >= 0.6 is 11.3 Å². The van der Waals surface area contributed by atoms with Crippen LogP contribution in [0.15, 0.2) is 49.4 Å². The van der Waals surface area contributed by atoms with Crippen molar-refractivity contribution in [3.8, 4) is 5.75 Å². The first kappa shape index (κ1) is 17.9. The van der Waals surface area contributed by atoms with Crippen LogP contribution < -0.4 is 14.5 Å². The van der Waals surface area contributed by atoms with Gasteiger partial charge < -0.3 is 14.5 Å². The third kappa shape index (κ3) is 3.52. The number of ether oxygens (including phenoxy) is 1. The third-order valence-corrected chi connectivity index (χ3v) is 5.03. The monoisotopic (exact) mass is 368 g/mol. The molecule has 0 N–H and O–H groups in total. The summed E-state index contributed by atoms with van der Waals surface area (Å²) in [7, 11) is 5.46. The second kappa shape index (κ2) is 7.53. The zero-order chi connectivity index (χ0) is 18.7. The molecule has 26 heavy (non-hydrogen) atoms. The Morgan fingerprint density at radius 2 is 2.00 bits per heavy atom. The number of thiophene rings is 1. The normalized spacial score (nSPS) is 10.6. The number of fused-ring (bicyclic) bond motifs is 1. The predicted octanol–water partition coefficient (Wildman–Crippen LogP) is 3.60. The molecule has 3 aromatic rings. The van der Waals surface area contributed by atoms with Gasteiger partial charge in [0.15, 0.2) is 5.78 Å². The molecule has 0 unspecified atom stereocenters. The zero-order valence-electron chi connectivity index (χ0n) is 15.0. The first-order chi connectivity index (χ1) is 12.5. The molecule has 0 aliphatic carbocycles. The number of ketones is 1. The van der Waals surface area contributed by atoms with Crippen LogP contribution in [0.25, 0.3) is 10.2 Å². The van der Waals surface area contributed by atoms with Gasteiger partial charge in [0.05, 0.1) is 23.9 Å². The van der Waals surface area contributed by atoms with Gasteiger partial charge in [-0.15, -0.1) is 11.3 Å². The number of anilines is 2. The molecule has 0 fully saturated rings. The minimum Gasteiger partial charge on any atom is -0.497 e. The smallest absolute Gasteiger partial charge is 0.192 e. The molecule has 6 nitrogen and oxygen atoms in total. The van der Waals surface area contributed by atoms with Crippen LogP contribution in [0.3, 0.4) is 0 Å². The minimum atomic E-state index is 0.00780. The van der Waals surface area contributed by atoms with Gasteiger partial charge in [-0.25, -0.2) is 9.97 Å². The topological polar surface area (TPSA) is 58.6 Å². The molecule has 134 valence electrons. The molecule has 7 heteroatoms. The van der Waals surface area contributed by atoms with Gasteiger partial charge >= 0.3 is 0 Å². The van der Waals surface area contributed by atoms with Crippen molar-refractivity contribution in [1.82, 2.24) is 9.97 Å². The van der Waals surface area contributed by atoms with Gasteiger partial charge in [0.25, 0.3) is 0 Å². The molecule has 0 spiro atoms. The number of rotatable bonds is 7. The maximum Gasteiger partial charge on any atom is 0.192 e. The fraction of sp³-hybridized carbons (Fsp3) is 0.211. The van der Waals surface area contributed by atoms with E-state index in [0.717, 1.165) is 27.5 Å². The van der Waals surface area contributed by atoms with Crippen LogP contribution in [0, 0.1) is 0 Å². The van der Waals surface area contributed by atoms with Gasteiger partial charge in [0.1, 0.15) is 22.7 Å². The average molecular weight is 368 g/mol. The van der Waals surface area contributed by atoms with Gasteiger partial charge in [-0.2, -0.15) is 0 Å². The van der Waals surface area contributed by atoms with Crippen LogP contribution in [-0.2, 0) is 0 Å². The van der Waals surface area contributed by atoms with E-state index in [2.05, 4.69) is 16.5 Å². The molecule has 2 aromatic heterocycles. The van der Waals surface area contributed by atoms with Gasteiger partial charge in [0, 0.05) is 19.8 Å². The quantitative estimate of drug-likeness (QED) is 0.594. The number of methoxy groups -OCH3 is 1. The number of carbonyl (C=O) groups excluding carboxylic acids is 1. The lowest BCUT2D eigenvalue weighted by molar-refractivity contribution is 0.100. The summed E-state index contributed by atoms with van der Waals surface area (Å²) in [5.74, 6) is 1.58. The molecule has 2 heterocycles. The van der Waals surface area contributed by atoms with Crippen LogP contribution in [0.4, 0.5) is 11.5 Å². The van der Waals surface area contributed by atoms with Crippen LogP contribution in [-0.4, -0.2) is 43.5 Å². The molecule has 0 amide bonds. The fourth-order valence-electron chi connectivity index (χ4n) is 2.60. The molecule has 0 saturated carbocycles. The third-order valence-electron chi connectivity index (χ3n) is 3.95. The Bertz CT molecular complexity index is 934. The maximum atomic E-state index is 12.8. The second-order valence-corrected chi connectivity index (χ2v) is 6.88. The van der Waals surface area contributed by atoms with E-state index in [4.69, 9.17) is 4.74 Å². The fourth-order valence-corrected chi connectivity index (χ4v) is 3.53. The van der Waals surface area contributed by atoms with Crippen molar-refractivity contribution in [2.45, 2.75) is 0 Å². The Hall–Kier alpha value is -2.93. The lowest BCUT2D eigenvalue weighted by atomic mass is 10.2. The minimum absolute atomic E-state index is 0.00780. The van der Waals surface area contributed by atoms with E-state index >= 15 is 0 Å². The van der Waals surface area contributed by atoms with Crippen molar-refractivity contribution in [3.63, 3.8) is 0 Å². The Morgan fingerprint density at radius 1 is 1.27 bits per heavy atom. The van der Waals surface area contributed by atoms with Gasteiger partial charge in [-0.3, -0.25) is 4.79 Å². The van der Waals surface area contributed by atoms with Crippen molar-refractivity contribution in [2.24, 2.45) is 0 Å². The van der Waals surface area contributed by atoms with E-state index in [1.54, 1.807) is 13.3 Å². The number of aromatic nitrogens is 2. The summed E-state index contributed by atoms with van der Waals surface area (Å²) < 4.78 is 5.17. The summed E-state index contributed by atoms with van der Waals surface area (Å²) in [5, 5.41) is 0.889. The van der Waals surface area contributed by atoms with E-state index in [-0.39, 0.29) is 12.3 Å². The number of hydrogen-bond donors (Lipinski definition) is 0. The second-order valence-electron chi connectivity index (χ2n) is 5.85. The van der Waals surface area contributed by atoms with E-state index in [1.165, 1.54) is 17.7 Å². The molecule has 0 aliphatic rings. The highest BCUT2D eigenvalue weighted by Gasteiger charge is 2.17. The summed E-state index contributed by atoms with van der Waals surface area (Å²) in [6.07, 6.45) is 3.17. The summed E-state index contributed by atoms with van der Waals surface area (Å²) in [4.78, 5) is 26.6.